The van der Waals surface area contributed by atoms with Crippen LogP contribution in [0.25, 0.3) is 32.9 Å². The number of nitrogens with two attached hydrogens (primary N) is 1. The summed E-state index contributed by atoms with van der Waals surface area (Å²) < 4.78 is 2.08. The largest absolute Gasteiger partial charge is 0.507 e. The molecule has 4 nitrogen and oxygen atoms in total. The lowest BCUT2D eigenvalue weighted by Crippen LogP contribution is -2.02. The number of hydrogen-bond donors (Lipinski definition) is 3. The van der Waals surface area contributed by atoms with Gasteiger partial charge in [-0.2, -0.15) is 0 Å². The van der Waals surface area contributed by atoms with E-state index in [1.54, 1.807) is 12.1 Å². The van der Waals surface area contributed by atoms with Crippen molar-refractivity contribution in [1.82, 2.24) is 4.57 Å². The van der Waals surface area contributed by atoms with Crippen molar-refractivity contribution in [2.45, 2.75) is 6.54 Å². The number of benzene rings is 3. The van der Waals surface area contributed by atoms with Gasteiger partial charge in [0, 0.05) is 39.6 Å². The second-order valence-corrected chi connectivity index (χ2v) is 5.87. The number of nitrogen functional groups attached to an aromatic ring is 1. The van der Waals surface area contributed by atoms with Gasteiger partial charge >= 0.3 is 0 Å². The molecular weight excluding hydrogens is 300 g/mol. The maximum Gasteiger partial charge on any atom is 0.123 e. The van der Waals surface area contributed by atoms with Crippen molar-refractivity contribution in [3.8, 4) is 16.9 Å². The van der Waals surface area contributed by atoms with Gasteiger partial charge in [0.05, 0.1) is 12.1 Å². The lowest BCUT2D eigenvalue weighted by atomic mass is 10.00. The molecular formula is C20H18N2O2. The molecule has 120 valence electrons. The number of nitrogens with zero attached hydrogens (tertiary/aromatic N) is 1. The number of aromatic nitrogens is 1. The SMILES string of the molecule is Nc1cc2c(cc1-c1ccccc1O)c1ccccc1n2CCO. The number of aromatic hydroxyl groups is 1. The zero-order chi connectivity index (χ0) is 16.7. The van der Waals surface area contributed by atoms with Crippen molar-refractivity contribution in [3.63, 3.8) is 0 Å². The highest BCUT2D eigenvalue weighted by Gasteiger charge is 2.15. The average molecular weight is 318 g/mol. The Morgan fingerprint density at radius 2 is 1.58 bits per heavy atom. The van der Waals surface area contributed by atoms with Crippen molar-refractivity contribution in [2.75, 3.05) is 12.3 Å². The number of hydrogen-bond acceptors (Lipinski definition) is 3. The zero-order valence-corrected chi connectivity index (χ0v) is 13.1. The van der Waals surface area contributed by atoms with E-state index in [9.17, 15) is 10.2 Å². The minimum atomic E-state index is 0.0644. The van der Waals surface area contributed by atoms with Crippen LogP contribution in [0, 0.1) is 0 Å². The third-order valence-electron chi connectivity index (χ3n) is 4.46. The predicted octanol–water partition coefficient (Wildman–Crippen LogP) is 3.74. The summed E-state index contributed by atoms with van der Waals surface area (Å²) in [4.78, 5) is 0. The van der Waals surface area contributed by atoms with Crippen LogP contribution >= 0.6 is 0 Å². The van der Waals surface area contributed by atoms with E-state index in [4.69, 9.17) is 5.73 Å². The number of rotatable bonds is 3. The summed E-state index contributed by atoms with van der Waals surface area (Å²) in [5.41, 5.74) is 10.5. The molecule has 0 atom stereocenters. The van der Waals surface area contributed by atoms with E-state index in [0.717, 1.165) is 32.9 Å². The Labute approximate surface area is 139 Å². The summed E-state index contributed by atoms with van der Waals surface area (Å²) in [7, 11) is 0. The molecule has 0 saturated carbocycles. The quantitative estimate of drug-likeness (QED) is 0.504. The van der Waals surface area contributed by atoms with Gasteiger partial charge in [-0.15, -0.1) is 0 Å². The van der Waals surface area contributed by atoms with Crippen molar-refractivity contribution < 1.29 is 10.2 Å². The van der Waals surface area contributed by atoms with E-state index >= 15 is 0 Å². The fourth-order valence-corrected chi connectivity index (χ4v) is 3.39. The number of phenolic OH excluding ortho intramolecular Hbond substituents is 1. The second kappa shape index (κ2) is 5.58. The maximum atomic E-state index is 10.2. The molecule has 4 N–H and O–H groups in total. The van der Waals surface area contributed by atoms with Crippen molar-refractivity contribution in [2.24, 2.45) is 0 Å². The van der Waals surface area contributed by atoms with Gasteiger partial charge in [-0.3, -0.25) is 0 Å². The van der Waals surface area contributed by atoms with Gasteiger partial charge in [0.1, 0.15) is 5.75 Å². The van der Waals surface area contributed by atoms with E-state index in [1.807, 2.05) is 42.5 Å². The van der Waals surface area contributed by atoms with Crippen LogP contribution < -0.4 is 5.73 Å². The van der Waals surface area contributed by atoms with Crippen LogP contribution in [0.2, 0.25) is 0 Å². The van der Waals surface area contributed by atoms with Crippen LogP contribution in [-0.4, -0.2) is 21.4 Å². The molecule has 0 radical (unpaired) electrons. The molecule has 4 aromatic rings. The first kappa shape index (κ1) is 14.6. The number of para-hydroxylation sites is 2. The molecule has 0 amide bonds. The molecule has 0 aliphatic rings. The third kappa shape index (κ3) is 2.12. The molecule has 1 aromatic heterocycles. The molecule has 0 unspecified atom stereocenters. The molecule has 4 heteroatoms. The summed E-state index contributed by atoms with van der Waals surface area (Å²) in [6.45, 7) is 0.578. The zero-order valence-electron chi connectivity index (χ0n) is 13.1. The Kier molecular flexibility index (Phi) is 3.40. The fourth-order valence-electron chi connectivity index (χ4n) is 3.39. The molecule has 24 heavy (non-hydrogen) atoms. The number of phenols is 1. The first-order valence-corrected chi connectivity index (χ1v) is 7.90. The Bertz CT molecular complexity index is 1050. The summed E-state index contributed by atoms with van der Waals surface area (Å²) in [6.07, 6.45) is 0. The number of fused-ring (bicyclic) bond motifs is 3. The summed E-state index contributed by atoms with van der Waals surface area (Å²) in [6, 6.07) is 19.2. The van der Waals surface area contributed by atoms with Crippen LogP contribution in [0.1, 0.15) is 0 Å². The normalized spacial score (nSPS) is 11.4. The molecule has 3 aromatic carbocycles. The second-order valence-electron chi connectivity index (χ2n) is 5.87. The van der Waals surface area contributed by atoms with Crippen LogP contribution in [0.15, 0.2) is 60.7 Å². The van der Waals surface area contributed by atoms with E-state index in [2.05, 4.69) is 10.6 Å². The molecule has 0 aliphatic carbocycles. The lowest BCUT2D eigenvalue weighted by Gasteiger charge is -2.10. The molecule has 0 bridgehead atoms. The van der Waals surface area contributed by atoms with Gasteiger partial charge in [-0.05, 0) is 24.3 Å². The monoisotopic (exact) mass is 318 g/mol. The van der Waals surface area contributed by atoms with Gasteiger partial charge in [0.2, 0.25) is 0 Å². The smallest absolute Gasteiger partial charge is 0.123 e. The molecule has 4 rings (SSSR count). The standard InChI is InChI=1S/C20H18N2O2/c21-17-12-19-16(11-15(17)14-6-2-4-8-20(14)24)13-5-1-3-7-18(13)22(19)9-10-23/h1-8,11-12,23-24H,9-10,21H2. The highest BCUT2D eigenvalue weighted by atomic mass is 16.3. The summed E-state index contributed by atoms with van der Waals surface area (Å²) in [5.74, 6) is 0.211. The topological polar surface area (TPSA) is 71.4 Å². The molecule has 0 fully saturated rings. The average Bonchev–Trinajstić information content (AvgIpc) is 2.89. The maximum absolute atomic E-state index is 10.2. The first-order chi connectivity index (χ1) is 11.7. The van der Waals surface area contributed by atoms with Crippen molar-refractivity contribution in [1.29, 1.82) is 0 Å². The Balaban J connectivity index is 2.08. The van der Waals surface area contributed by atoms with Gasteiger partial charge in [0.25, 0.3) is 0 Å². The number of aliphatic hydroxyl groups excluding tert-OH is 1. The van der Waals surface area contributed by atoms with Gasteiger partial charge in [0.15, 0.2) is 0 Å². The van der Waals surface area contributed by atoms with E-state index in [1.165, 1.54) is 0 Å². The highest BCUT2D eigenvalue weighted by molar-refractivity contribution is 6.11. The van der Waals surface area contributed by atoms with Crippen LogP contribution in [-0.2, 0) is 6.54 Å². The highest BCUT2D eigenvalue weighted by Crippen LogP contribution is 2.38. The minimum Gasteiger partial charge on any atom is -0.507 e. The Hall–Kier alpha value is -2.98. The minimum absolute atomic E-state index is 0.0644. The predicted molar refractivity (Wildman–Crippen MR) is 98.0 cm³/mol. The molecule has 0 saturated heterocycles. The first-order valence-electron chi connectivity index (χ1n) is 7.90. The van der Waals surface area contributed by atoms with Gasteiger partial charge in [-0.1, -0.05) is 36.4 Å². The van der Waals surface area contributed by atoms with Crippen LogP contribution in [0.3, 0.4) is 0 Å². The van der Waals surface area contributed by atoms with Gasteiger partial charge in [-0.25, -0.2) is 0 Å². The summed E-state index contributed by atoms with van der Waals surface area (Å²) in [5, 5.41) is 21.7. The van der Waals surface area contributed by atoms with Crippen molar-refractivity contribution in [3.05, 3.63) is 60.7 Å². The van der Waals surface area contributed by atoms with E-state index in [-0.39, 0.29) is 12.4 Å². The van der Waals surface area contributed by atoms with Crippen molar-refractivity contribution >= 4 is 27.5 Å². The fraction of sp³-hybridized carbons (Fsp3) is 0.100. The number of aliphatic hydroxyl groups is 1. The van der Waals surface area contributed by atoms with Crippen LogP contribution in [0.4, 0.5) is 5.69 Å². The summed E-state index contributed by atoms with van der Waals surface area (Å²) >= 11 is 0. The van der Waals surface area contributed by atoms with E-state index in [0.29, 0.717) is 12.2 Å². The van der Waals surface area contributed by atoms with Crippen LogP contribution in [0.5, 0.6) is 5.75 Å². The van der Waals surface area contributed by atoms with E-state index < -0.39 is 0 Å². The Morgan fingerprint density at radius 3 is 2.38 bits per heavy atom. The molecule has 1 heterocycles. The molecule has 0 aliphatic heterocycles. The Morgan fingerprint density at radius 1 is 0.833 bits per heavy atom. The van der Waals surface area contributed by atoms with Gasteiger partial charge < -0.3 is 20.5 Å². The number of anilines is 1. The lowest BCUT2D eigenvalue weighted by molar-refractivity contribution is 0.280. The molecule has 0 spiro atoms. The third-order valence-corrected chi connectivity index (χ3v) is 4.46.